The van der Waals surface area contributed by atoms with Gasteiger partial charge in [-0.1, -0.05) is 61.0 Å². The number of halogens is 1. The van der Waals surface area contributed by atoms with Crippen LogP contribution in [0.25, 0.3) is 38.8 Å². The molecule has 3 nitrogen and oxygen atoms in total. The number of aromatic nitrogens is 3. The van der Waals surface area contributed by atoms with Crippen molar-refractivity contribution in [2.45, 2.75) is 13.3 Å². The van der Waals surface area contributed by atoms with Crippen molar-refractivity contribution >= 4 is 33.4 Å². The molecule has 0 aliphatic carbocycles. The fourth-order valence-corrected chi connectivity index (χ4v) is 3.84. The molecule has 136 valence electrons. The van der Waals surface area contributed by atoms with Crippen molar-refractivity contribution in [1.29, 1.82) is 0 Å². The van der Waals surface area contributed by atoms with Crippen molar-refractivity contribution < 1.29 is 0 Å². The largest absolute Gasteiger partial charge is 0.255 e. The summed E-state index contributed by atoms with van der Waals surface area (Å²) in [6.45, 7) is 2.17. The third-order valence-corrected chi connectivity index (χ3v) is 5.31. The fraction of sp³-hybridized carbons (Fsp3) is 0.0833. The van der Waals surface area contributed by atoms with Crippen LogP contribution in [0, 0.1) is 0 Å². The zero-order chi connectivity index (χ0) is 19.1. The van der Waals surface area contributed by atoms with Gasteiger partial charge in [0.05, 0.1) is 16.7 Å². The van der Waals surface area contributed by atoms with Crippen molar-refractivity contribution in [3.63, 3.8) is 0 Å². The maximum Gasteiger partial charge on any atom is 0.102 e. The van der Waals surface area contributed by atoms with Gasteiger partial charge in [-0.05, 0) is 42.3 Å². The van der Waals surface area contributed by atoms with Gasteiger partial charge in [0, 0.05) is 27.6 Å². The lowest BCUT2D eigenvalue weighted by molar-refractivity contribution is 0.917. The molecule has 2 heterocycles. The van der Waals surface area contributed by atoms with Gasteiger partial charge in [0.1, 0.15) is 5.69 Å². The summed E-state index contributed by atoms with van der Waals surface area (Å²) >= 11 is 6.28. The number of rotatable bonds is 3. The Morgan fingerprint density at radius 2 is 1.75 bits per heavy atom. The topological polar surface area (TPSA) is 30.7 Å². The van der Waals surface area contributed by atoms with E-state index in [2.05, 4.69) is 37.3 Å². The molecule has 0 N–H and O–H groups in total. The summed E-state index contributed by atoms with van der Waals surface area (Å²) in [4.78, 5) is 4.72. The Kier molecular flexibility index (Phi) is 4.10. The van der Waals surface area contributed by atoms with E-state index in [0.29, 0.717) is 5.02 Å². The summed E-state index contributed by atoms with van der Waals surface area (Å²) in [6, 6.07) is 24.5. The van der Waals surface area contributed by atoms with E-state index < -0.39 is 0 Å². The summed E-state index contributed by atoms with van der Waals surface area (Å²) < 4.78 is 1.99. The molecule has 0 amide bonds. The Balaban J connectivity index is 1.92. The molecule has 2 aromatic heterocycles. The highest BCUT2D eigenvalue weighted by molar-refractivity contribution is 6.30. The molecular formula is C24H18ClN3. The molecule has 0 aliphatic heterocycles. The SMILES string of the molecule is CCc1ccc2ncc3c(-c4ccccc4)nn(-c4cccc(Cl)c4)c3c2c1. The van der Waals surface area contributed by atoms with Crippen LogP contribution in [0.1, 0.15) is 12.5 Å². The predicted octanol–water partition coefficient (Wildman–Crippen LogP) is 6.46. The van der Waals surface area contributed by atoms with Crippen molar-refractivity contribution in [3.8, 4) is 16.9 Å². The lowest BCUT2D eigenvalue weighted by Gasteiger charge is -2.07. The first-order valence-corrected chi connectivity index (χ1v) is 9.74. The summed E-state index contributed by atoms with van der Waals surface area (Å²) in [5, 5.41) is 7.82. The van der Waals surface area contributed by atoms with E-state index in [-0.39, 0.29) is 0 Å². The minimum absolute atomic E-state index is 0.690. The third kappa shape index (κ3) is 2.76. The number of aryl methyl sites for hydroxylation is 1. The third-order valence-electron chi connectivity index (χ3n) is 5.08. The average molecular weight is 384 g/mol. The number of fused-ring (bicyclic) bond motifs is 3. The van der Waals surface area contributed by atoms with E-state index in [4.69, 9.17) is 21.7 Å². The van der Waals surface area contributed by atoms with Crippen molar-refractivity contribution in [2.24, 2.45) is 0 Å². The minimum atomic E-state index is 0.690. The van der Waals surface area contributed by atoms with Crippen LogP contribution in [0.4, 0.5) is 0 Å². The predicted molar refractivity (Wildman–Crippen MR) is 116 cm³/mol. The first kappa shape index (κ1) is 17.0. The quantitative estimate of drug-likeness (QED) is 0.358. The highest BCUT2D eigenvalue weighted by Gasteiger charge is 2.17. The number of benzene rings is 3. The van der Waals surface area contributed by atoms with E-state index in [1.807, 2.05) is 53.3 Å². The standard InChI is InChI=1S/C24H18ClN3/c1-2-16-11-12-22-20(13-16)24-21(15-26-22)23(17-7-4-3-5-8-17)27-28(24)19-10-6-9-18(25)14-19/h3-15H,2H2,1H3. The molecule has 0 aliphatic rings. The minimum Gasteiger partial charge on any atom is -0.255 e. The Labute approximate surface area is 168 Å². The first-order chi connectivity index (χ1) is 13.7. The Morgan fingerprint density at radius 3 is 2.54 bits per heavy atom. The lowest BCUT2D eigenvalue weighted by Crippen LogP contribution is -1.97. The van der Waals surface area contributed by atoms with E-state index in [9.17, 15) is 0 Å². The van der Waals surface area contributed by atoms with Crippen LogP contribution in [0.15, 0.2) is 79.0 Å². The second-order valence-electron chi connectivity index (χ2n) is 6.83. The van der Waals surface area contributed by atoms with Crippen LogP contribution in [-0.2, 0) is 6.42 Å². The van der Waals surface area contributed by atoms with E-state index in [0.717, 1.165) is 45.2 Å². The van der Waals surface area contributed by atoms with Crippen LogP contribution in [0.3, 0.4) is 0 Å². The van der Waals surface area contributed by atoms with Gasteiger partial charge in [0.15, 0.2) is 0 Å². The molecular weight excluding hydrogens is 366 g/mol. The first-order valence-electron chi connectivity index (χ1n) is 9.36. The molecule has 0 saturated heterocycles. The maximum absolute atomic E-state index is 6.28. The number of hydrogen-bond acceptors (Lipinski definition) is 2. The van der Waals surface area contributed by atoms with E-state index >= 15 is 0 Å². The molecule has 4 heteroatoms. The van der Waals surface area contributed by atoms with Gasteiger partial charge < -0.3 is 0 Å². The van der Waals surface area contributed by atoms with Crippen molar-refractivity contribution in [2.75, 3.05) is 0 Å². The Morgan fingerprint density at radius 1 is 0.893 bits per heavy atom. The van der Waals surface area contributed by atoms with Gasteiger partial charge in [0.25, 0.3) is 0 Å². The molecule has 0 saturated carbocycles. The molecule has 0 atom stereocenters. The summed E-state index contributed by atoms with van der Waals surface area (Å²) in [5.41, 5.74) is 6.23. The number of hydrogen-bond donors (Lipinski definition) is 0. The van der Waals surface area contributed by atoms with Crippen LogP contribution >= 0.6 is 11.6 Å². The molecule has 0 spiro atoms. The molecule has 0 bridgehead atoms. The smallest absolute Gasteiger partial charge is 0.102 e. The Hall–Kier alpha value is -3.17. The average Bonchev–Trinajstić information content (AvgIpc) is 3.14. The highest BCUT2D eigenvalue weighted by Crippen LogP contribution is 2.34. The molecule has 5 rings (SSSR count). The molecule has 5 aromatic rings. The van der Waals surface area contributed by atoms with Crippen molar-refractivity contribution in [3.05, 3.63) is 89.6 Å². The van der Waals surface area contributed by atoms with Gasteiger partial charge in [-0.3, -0.25) is 4.98 Å². The molecule has 3 aromatic carbocycles. The number of pyridine rings is 1. The van der Waals surface area contributed by atoms with Crippen LogP contribution in [0.5, 0.6) is 0 Å². The zero-order valence-corrected chi connectivity index (χ0v) is 16.2. The van der Waals surface area contributed by atoms with Crippen LogP contribution in [-0.4, -0.2) is 14.8 Å². The van der Waals surface area contributed by atoms with Gasteiger partial charge >= 0.3 is 0 Å². The Bertz CT molecular complexity index is 1310. The summed E-state index contributed by atoms with van der Waals surface area (Å²) in [7, 11) is 0. The highest BCUT2D eigenvalue weighted by atomic mass is 35.5. The van der Waals surface area contributed by atoms with Crippen molar-refractivity contribution in [1.82, 2.24) is 14.8 Å². The van der Waals surface area contributed by atoms with Gasteiger partial charge in [-0.2, -0.15) is 5.10 Å². The van der Waals surface area contributed by atoms with Gasteiger partial charge in [-0.25, -0.2) is 4.68 Å². The van der Waals surface area contributed by atoms with E-state index in [1.54, 1.807) is 0 Å². The normalized spacial score (nSPS) is 11.4. The molecule has 0 fully saturated rings. The lowest BCUT2D eigenvalue weighted by atomic mass is 10.0. The zero-order valence-electron chi connectivity index (χ0n) is 15.4. The van der Waals surface area contributed by atoms with Crippen LogP contribution < -0.4 is 0 Å². The number of nitrogens with zero attached hydrogens (tertiary/aromatic N) is 3. The maximum atomic E-state index is 6.28. The summed E-state index contributed by atoms with van der Waals surface area (Å²) in [5.74, 6) is 0. The second-order valence-corrected chi connectivity index (χ2v) is 7.27. The molecule has 0 radical (unpaired) electrons. The molecule has 0 unspecified atom stereocenters. The monoisotopic (exact) mass is 383 g/mol. The molecule has 28 heavy (non-hydrogen) atoms. The van der Waals surface area contributed by atoms with Gasteiger partial charge in [-0.15, -0.1) is 0 Å². The fourth-order valence-electron chi connectivity index (χ4n) is 3.65. The van der Waals surface area contributed by atoms with E-state index in [1.165, 1.54) is 5.56 Å². The second kappa shape index (κ2) is 6.77. The van der Waals surface area contributed by atoms with Gasteiger partial charge in [0.2, 0.25) is 0 Å². The summed E-state index contributed by atoms with van der Waals surface area (Å²) in [6.07, 6.45) is 2.91. The van der Waals surface area contributed by atoms with Crippen LogP contribution in [0.2, 0.25) is 5.02 Å².